The highest BCUT2D eigenvalue weighted by molar-refractivity contribution is 5.84. The Morgan fingerprint density at radius 3 is 2.83 bits per heavy atom. The average molecular weight is 411 g/mol. The van der Waals surface area contributed by atoms with Crippen LogP contribution in [0.3, 0.4) is 0 Å². The fourth-order valence-corrected chi connectivity index (χ4v) is 4.34. The lowest BCUT2D eigenvalue weighted by Crippen LogP contribution is -2.43. The highest BCUT2D eigenvalue weighted by atomic mass is 16.5. The summed E-state index contributed by atoms with van der Waals surface area (Å²) in [5.41, 5.74) is 4.81. The SMILES string of the molecule is COC[C@H](C)n1c(-c2cc(C)c(=O)n(C)c2)nc2ccc(N3CCOC[C@@H]3C)cc21. The Hall–Kier alpha value is -2.64. The zero-order chi connectivity index (χ0) is 21.4. The molecule has 0 N–H and O–H groups in total. The van der Waals surface area contributed by atoms with Crippen LogP contribution in [0.25, 0.3) is 22.4 Å². The van der Waals surface area contributed by atoms with Gasteiger partial charge in [-0.05, 0) is 45.0 Å². The molecular formula is C23H30N4O3. The molecular weight excluding hydrogens is 380 g/mol. The summed E-state index contributed by atoms with van der Waals surface area (Å²) in [6.45, 7) is 9.09. The second-order valence-electron chi connectivity index (χ2n) is 8.23. The van der Waals surface area contributed by atoms with E-state index in [9.17, 15) is 4.79 Å². The van der Waals surface area contributed by atoms with Crippen LogP contribution in [0.5, 0.6) is 0 Å². The van der Waals surface area contributed by atoms with E-state index in [2.05, 4.69) is 41.5 Å². The number of anilines is 1. The summed E-state index contributed by atoms with van der Waals surface area (Å²) in [4.78, 5) is 19.5. The van der Waals surface area contributed by atoms with Gasteiger partial charge in [-0.3, -0.25) is 4.79 Å². The van der Waals surface area contributed by atoms with Gasteiger partial charge in [0.05, 0.1) is 36.9 Å². The van der Waals surface area contributed by atoms with Crippen molar-refractivity contribution in [1.29, 1.82) is 0 Å². The number of fused-ring (bicyclic) bond motifs is 1. The van der Waals surface area contributed by atoms with E-state index in [-0.39, 0.29) is 11.6 Å². The molecule has 4 rings (SSSR count). The largest absolute Gasteiger partial charge is 0.383 e. The fraction of sp³-hybridized carbons (Fsp3) is 0.478. The Morgan fingerprint density at radius 2 is 2.13 bits per heavy atom. The number of imidazole rings is 1. The minimum Gasteiger partial charge on any atom is -0.383 e. The lowest BCUT2D eigenvalue weighted by molar-refractivity contribution is 0.0989. The normalized spacial score (nSPS) is 18.2. The van der Waals surface area contributed by atoms with Crippen molar-refractivity contribution >= 4 is 16.7 Å². The molecule has 1 aromatic carbocycles. The quantitative estimate of drug-likeness (QED) is 0.647. The van der Waals surface area contributed by atoms with E-state index in [0.29, 0.717) is 18.2 Å². The van der Waals surface area contributed by atoms with Crippen LogP contribution in [-0.2, 0) is 16.5 Å². The van der Waals surface area contributed by atoms with Gasteiger partial charge in [0.25, 0.3) is 5.56 Å². The molecule has 7 nitrogen and oxygen atoms in total. The van der Waals surface area contributed by atoms with Crippen molar-refractivity contribution in [2.24, 2.45) is 7.05 Å². The van der Waals surface area contributed by atoms with Gasteiger partial charge >= 0.3 is 0 Å². The van der Waals surface area contributed by atoms with Gasteiger partial charge in [0.15, 0.2) is 0 Å². The Bertz CT molecular complexity index is 1090. The van der Waals surface area contributed by atoms with Crippen LogP contribution in [-0.4, -0.2) is 53.6 Å². The number of benzene rings is 1. The average Bonchev–Trinajstić information content (AvgIpc) is 3.11. The lowest BCUT2D eigenvalue weighted by atomic mass is 10.1. The number of nitrogens with zero attached hydrogens (tertiary/aromatic N) is 4. The number of hydrogen-bond acceptors (Lipinski definition) is 5. The maximum atomic E-state index is 12.2. The number of morpholine rings is 1. The highest BCUT2D eigenvalue weighted by Gasteiger charge is 2.22. The zero-order valence-corrected chi connectivity index (χ0v) is 18.4. The van der Waals surface area contributed by atoms with Crippen molar-refractivity contribution in [1.82, 2.24) is 14.1 Å². The second-order valence-corrected chi connectivity index (χ2v) is 8.23. The third kappa shape index (κ3) is 3.63. The molecule has 2 atom stereocenters. The summed E-state index contributed by atoms with van der Waals surface area (Å²) in [6.07, 6.45) is 1.86. The highest BCUT2D eigenvalue weighted by Crippen LogP contribution is 2.32. The van der Waals surface area contributed by atoms with E-state index in [1.54, 1.807) is 18.7 Å². The van der Waals surface area contributed by atoms with Gasteiger partial charge in [0.2, 0.25) is 0 Å². The maximum absolute atomic E-state index is 12.2. The van der Waals surface area contributed by atoms with E-state index in [1.807, 2.05) is 19.2 Å². The molecule has 2 aromatic heterocycles. The van der Waals surface area contributed by atoms with Crippen LogP contribution in [0.4, 0.5) is 5.69 Å². The van der Waals surface area contributed by atoms with Crippen molar-refractivity contribution in [3.8, 4) is 11.4 Å². The molecule has 7 heteroatoms. The standard InChI is InChI=1S/C23H30N4O3/c1-15-10-18(12-25(4)23(15)28)22-24-20-7-6-19(26-8-9-30-14-16(26)2)11-21(20)27(22)17(3)13-29-5/h6-7,10-12,16-17H,8-9,13-14H2,1-5H3/t16-,17-/m0/s1. The van der Waals surface area contributed by atoms with Crippen LogP contribution in [0.2, 0.25) is 0 Å². The molecule has 30 heavy (non-hydrogen) atoms. The second kappa shape index (κ2) is 8.24. The monoisotopic (exact) mass is 410 g/mol. The van der Waals surface area contributed by atoms with Crippen molar-refractivity contribution in [3.63, 3.8) is 0 Å². The first-order valence-electron chi connectivity index (χ1n) is 10.4. The molecule has 3 aromatic rings. The van der Waals surface area contributed by atoms with Gasteiger partial charge in [-0.1, -0.05) is 0 Å². The third-order valence-corrected chi connectivity index (χ3v) is 5.84. The van der Waals surface area contributed by atoms with Gasteiger partial charge < -0.3 is 23.5 Å². The predicted octanol–water partition coefficient (Wildman–Crippen LogP) is 3.14. The third-order valence-electron chi connectivity index (χ3n) is 5.84. The smallest absolute Gasteiger partial charge is 0.253 e. The summed E-state index contributed by atoms with van der Waals surface area (Å²) in [6, 6.07) is 8.78. The molecule has 1 saturated heterocycles. The first-order chi connectivity index (χ1) is 14.4. The summed E-state index contributed by atoms with van der Waals surface area (Å²) in [5, 5.41) is 0. The molecule has 160 valence electrons. The number of methoxy groups -OCH3 is 1. The fourth-order valence-electron chi connectivity index (χ4n) is 4.34. The molecule has 0 aliphatic carbocycles. The number of aryl methyl sites for hydroxylation is 2. The summed E-state index contributed by atoms with van der Waals surface area (Å²) < 4.78 is 14.9. The molecule has 1 fully saturated rings. The van der Waals surface area contributed by atoms with Crippen molar-refractivity contribution in [2.45, 2.75) is 32.9 Å². The molecule has 0 amide bonds. The molecule has 0 bridgehead atoms. The van der Waals surface area contributed by atoms with E-state index in [0.717, 1.165) is 42.2 Å². The van der Waals surface area contributed by atoms with Crippen LogP contribution >= 0.6 is 0 Å². The molecule has 1 aliphatic heterocycles. The first-order valence-corrected chi connectivity index (χ1v) is 10.4. The molecule has 3 heterocycles. The Balaban J connectivity index is 1.90. The van der Waals surface area contributed by atoms with Gasteiger partial charge in [0, 0.05) is 49.8 Å². The van der Waals surface area contributed by atoms with Crippen LogP contribution < -0.4 is 10.5 Å². The molecule has 0 radical (unpaired) electrons. The van der Waals surface area contributed by atoms with Crippen molar-refractivity contribution < 1.29 is 9.47 Å². The van der Waals surface area contributed by atoms with E-state index in [1.165, 1.54) is 5.69 Å². The Morgan fingerprint density at radius 1 is 1.33 bits per heavy atom. The van der Waals surface area contributed by atoms with E-state index < -0.39 is 0 Å². The first kappa shape index (κ1) is 20.6. The number of hydrogen-bond donors (Lipinski definition) is 0. The Labute approximate surface area is 176 Å². The van der Waals surface area contributed by atoms with Gasteiger partial charge in [-0.25, -0.2) is 4.98 Å². The molecule has 0 saturated carbocycles. The molecule has 1 aliphatic rings. The predicted molar refractivity (Wildman–Crippen MR) is 119 cm³/mol. The maximum Gasteiger partial charge on any atom is 0.253 e. The van der Waals surface area contributed by atoms with E-state index in [4.69, 9.17) is 14.5 Å². The lowest BCUT2D eigenvalue weighted by Gasteiger charge is -2.35. The summed E-state index contributed by atoms with van der Waals surface area (Å²) in [7, 11) is 3.49. The summed E-state index contributed by atoms with van der Waals surface area (Å²) >= 11 is 0. The number of aromatic nitrogens is 3. The van der Waals surface area contributed by atoms with Gasteiger partial charge in [0.1, 0.15) is 5.82 Å². The number of rotatable bonds is 5. The molecule has 0 unspecified atom stereocenters. The van der Waals surface area contributed by atoms with Crippen molar-refractivity contribution in [3.05, 3.63) is 46.4 Å². The zero-order valence-electron chi connectivity index (χ0n) is 18.4. The van der Waals surface area contributed by atoms with Gasteiger partial charge in [-0.2, -0.15) is 0 Å². The van der Waals surface area contributed by atoms with Crippen LogP contribution in [0.15, 0.2) is 35.3 Å². The minimum absolute atomic E-state index is 0.00921. The van der Waals surface area contributed by atoms with Crippen LogP contribution in [0.1, 0.15) is 25.5 Å². The van der Waals surface area contributed by atoms with E-state index >= 15 is 0 Å². The Kier molecular flexibility index (Phi) is 5.66. The molecule has 0 spiro atoms. The number of pyridine rings is 1. The minimum atomic E-state index is 0.00921. The van der Waals surface area contributed by atoms with Gasteiger partial charge in [-0.15, -0.1) is 0 Å². The topological polar surface area (TPSA) is 61.5 Å². The van der Waals surface area contributed by atoms with Crippen molar-refractivity contribution in [2.75, 3.05) is 38.4 Å². The van der Waals surface area contributed by atoms with Crippen LogP contribution in [0, 0.1) is 6.92 Å². The summed E-state index contributed by atoms with van der Waals surface area (Å²) in [5.74, 6) is 0.848. The number of ether oxygens (including phenoxy) is 2.